The second-order valence-corrected chi connectivity index (χ2v) is 13.8. The Kier molecular flexibility index (Phi) is 6.50. The van der Waals surface area contributed by atoms with Crippen LogP contribution in [-0.4, -0.2) is 44.7 Å². The normalized spacial score (nSPS) is 28.3. The van der Waals surface area contributed by atoms with E-state index in [-0.39, 0.29) is 29.9 Å². The molecule has 4 aliphatic rings. The molecular formula is C30H38N4O4S. The van der Waals surface area contributed by atoms with Crippen molar-refractivity contribution in [3.63, 3.8) is 0 Å². The number of carbonyl (C=O) groups excluding carboxylic acids is 1. The van der Waals surface area contributed by atoms with Gasteiger partial charge in [-0.15, -0.1) is 0 Å². The maximum Gasteiger partial charge on any atom is 0.262 e. The lowest BCUT2D eigenvalue weighted by molar-refractivity contribution is -0.138. The Morgan fingerprint density at radius 2 is 1.87 bits per heavy atom. The van der Waals surface area contributed by atoms with Crippen molar-refractivity contribution < 1.29 is 17.9 Å². The van der Waals surface area contributed by atoms with E-state index in [0.29, 0.717) is 5.69 Å². The first-order valence-electron chi connectivity index (χ1n) is 14.0. The van der Waals surface area contributed by atoms with E-state index in [1.807, 2.05) is 6.07 Å². The minimum absolute atomic E-state index is 0.0737. The van der Waals surface area contributed by atoms with Gasteiger partial charge in [0.1, 0.15) is 0 Å². The zero-order chi connectivity index (χ0) is 27.4. The van der Waals surface area contributed by atoms with Gasteiger partial charge in [-0.3, -0.25) is 14.4 Å². The summed E-state index contributed by atoms with van der Waals surface area (Å²) in [7, 11) is -1.66. The number of sulfonamides is 1. The van der Waals surface area contributed by atoms with Crippen LogP contribution in [0.4, 0.5) is 5.69 Å². The smallest absolute Gasteiger partial charge is 0.262 e. The van der Waals surface area contributed by atoms with Gasteiger partial charge in [-0.25, -0.2) is 13.4 Å². The number of nitrogens with zero attached hydrogens (tertiary/aromatic N) is 2. The van der Waals surface area contributed by atoms with Gasteiger partial charge in [-0.1, -0.05) is 43.2 Å². The van der Waals surface area contributed by atoms with Gasteiger partial charge in [-0.05, 0) is 85.3 Å². The maximum absolute atomic E-state index is 14.6. The molecule has 0 aromatic heterocycles. The molecule has 1 atom stereocenters. The monoisotopic (exact) mass is 550 g/mol. The number of rotatable bonds is 8. The highest BCUT2D eigenvalue weighted by molar-refractivity contribution is 7.92. The Morgan fingerprint density at radius 3 is 2.56 bits per heavy atom. The van der Waals surface area contributed by atoms with Crippen molar-refractivity contribution in [1.29, 1.82) is 0 Å². The number of hydrogen-bond acceptors (Lipinski definition) is 6. The van der Waals surface area contributed by atoms with Crippen LogP contribution in [0.15, 0.2) is 47.5 Å². The summed E-state index contributed by atoms with van der Waals surface area (Å²) in [5, 5.41) is 0. The predicted octanol–water partition coefficient (Wildman–Crippen LogP) is 4.08. The number of aliphatic imine (C=N–C) groups is 1. The van der Waals surface area contributed by atoms with Crippen molar-refractivity contribution >= 4 is 27.6 Å². The van der Waals surface area contributed by atoms with Crippen LogP contribution >= 0.6 is 0 Å². The molecule has 1 aliphatic heterocycles. The van der Waals surface area contributed by atoms with Crippen LogP contribution in [0.5, 0.6) is 0 Å². The fourth-order valence-corrected chi connectivity index (χ4v) is 7.68. The van der Waals surface area contributed by atoms with Crippen molar-refractivity contribution in [3.8, 4) is 0 Å². The molecule has 0 bridgehead atoms. The van der Waals surface area contributed by atoms with Gasteiger partial charge < -0.3 is 10.5 Å². The van der Waals surface area contributed by atoms with Crippen LogP contribution in [0.1, 0.15) is 67.2 Å². The lowest BCUT2D eigenvalue weighted by atomic mass is 9.61. The third-order valence-corrected chi connectivity index (χ3v) is 9.91. The molecule has 0 radical (unpaired) electrons. The fraction of sp³-hybridized carbons (Fsp3) is 0.533. The number of benzene rings is 2. The summed E-state index contributed by atoms with van der Waals surface area (Å²) in [4.78, 5) is 21.3. The molecule has 3 aliphatic carbocycles. The molecule has 2 fully saturated rings. The van der Waals surface area contributed by atoms with Gasteiger partial charge in [0.2, 0.25) is 10.0 Å². The summed E-state index contributed by atoms with van der Waals surface area (Å²) >= 11 is 0. The van der Waals surface area contributed by atoms with E-state index in [0.717, 1.165) is 61.8 Å². The number of amides is 1. The standard InChI is InChI=1S/C30H38N4O4S/c1-38-25-12-14-29(15-13-25)18-23-11-10-21(9-8-20-6-7-20)17-26(23)30(29)27(35)34(28(31)32-30)19-22-4-3-5-24(16-22)33-39(2,36)37/h3-5,10-11,16-17,20,25,33H,6-9,12-15,18-19H2,1-2H3,(H2,31,32). The number of guanidine groups is 1. The van der Waals surface area contributed by atoms with Gasteiger partial charge in [0.25, 0.3) is 5.91 Å². The van der Waals surface area contributed by atoms with E-state index in [2.05, 4.69) is 22.9 Å². The number of aryl methyl sites for hydroxylation is 1. The van der Waals surface area contributed by atoms with Crippen LogP contribution in [0.3, 0.4) is 0 Å². The zero-order valence-electron chi connectivity index (χ0n) is 22.8. The first kappa shape index (κ1) is 26.3. The second kappa shape index (κ2) is 9.63. The third-order valence-electron chi connectivity index (χ3n) is 9.31. The van der Waals surface area contributed by atoms with Crippen LogP contribution in [0.2, 0.25) is 0 Å². The summed E-state index contributed by atoms with van der Waals surface area (Å²) in [6, 6.07) is 13.8. The van der Waals surface area contributed by atoms with Crippen LogP contribution in [-0.2, 0) is 44.5 Å². The molecule has 2 saturated carbocycles. The minimum Gasteiger partial charge on any atom is -0.381 e. The summed E-state index contributed by atoms with van der Waals surface area (Å²) in [5.41, 5.74) is 9.92. The summed E-state index contributed by atoms with van der Waals surface area (Å²) in [6.45, 7) is 0.225. The molecule has 6 rings (SSSR count). The van der Waals surface area contributed by atoms with E-state index >= 15 is 0 Å². The number of carbonyl (C=O) groups is 1. The summed E-state index contributed by atoms with van der Waals surface area (Å²) < 4.78 is 31.7. The molecule has 1 amide bonds. The summed E-state index contributed by atoms with van der Waals surface area (Å²) in [6.07, 6.45) is 10.5. The summed E-state index contributed by atoms with van der Waals surface area (Å²) in [5.74, 6) is 0.995. The predicted molar refractivity (Wildman–Crippen MR) is 152 cm³/mol. The number of nitrogens with two attached hydrogens (primary N) is 1. The molecule has 2 spiro atoms. The van der Waals surface area contributed by atoms with Gasteiger partial charge in [-0.2, -0.15) is 0 Å². The third kappa shape index (κ3) is 4.73. The van der Waals surface area contributed by atoms with Crippen molar-refractivity contribution in [2.45, 2.75) is 76.0 Å². The molecule has 0 saturated heterocycles. The Hall–Kier alpha value is -2.91. The quantitative estimate of drug-likeness (QED) is 0.514. The fourth-order valence-electron chi connectivity index (χ4n) is 7.13. The molecule has 3 N–H and O–H groups in total. The van der Waals surface area contributed by atoms with Crippen LogP contribution in [0, 0.1) is 11.3 Å². The highest BCUT2D eigenvalue weighted by Gasteiger charge is 2.66. The second-order valence-electron chi connectivity index (χ2n) is 12.0. The van der Waals surface area contributed by atoms with Gasteiger partial charge >= 0.3 is 0 Å². The van der Waals surface area contributed by atoms with Gasteiger partial charge in [0.05, 0.1) is 18.9 Å². The van der Waals surface area contributed by atoms with Crippen LogP contribution < -0.4 is 10.5 Å². The Labute approximate surface area is 231 Å². The Morgan fingerprint density at radius 1 is 1.10 bits per heavy atom. The van der Waals surface area contributed by atoms with E-state index in [1.54, 1.807) is 30.2 Å². The average Bonchev–Trinajstić information content (AvgIpc) is 3.65. The molecule has 208 valence electrons. The lowest BCUT2D eigenvalue weighted by Gasteiger charge is -2.45. The molecule has 2 aromatic carbocycles. The molecule has 8 nitrogen and oxygen atoms in total. The topological polar surface area (TPSA) is 114 Å². The Bertz CT molecular complexity index is 1430. The molecule has 1 unspecified atom stereocenters. The molecule has 39 heavy (non-hydrogen) atoms. The molecule has 2 aromatic rings. The first-order valence-corrected chi connectivity index (χ1v) is 15.9. The maximum atomic E-state index is 14.6. The van der Waals surface area contributed by atoms with Gasteiger partial charge in [0, 0.05) is 18.2 Å². The molecule has 9 heteroatoms. The van der Waals surface area contributed by atoms with Gasteiger partial charge in [0.15, 0.2) is 11.5 Å². The molecule has 1 heterocycles. The first-order chi connectivity index (χ1) is 18.6. The highest BCUT2D eigenvalue weighted by Crippen LogP contribution is 2.62. The largest absolute Gasteiger partial charge is 0.381 e. The number of nitrogens with one attached hydrogen (secondary N) is 1. The minimum atomic E-state index is -3.42. The highest BCUT2D eigenvalue weighted by atomic mass is 32.2. The van der Waals surface area contributed by atoms with E-state index in [9.17, 15) is 13.2 Å². The zero-order valence-corrected chi connectivity index (χ0v) is 23.6. The number of ether oxygens (including phenoxy) is 1. The number of methoxy groups -OCH3 is 1. The van der Waals surface area contributed by atoms with E-state index < -0.39 is 15.6 Å². The van der Waals surface area contributed by atoms with Crippen molar-refractivity contribution in [2.24, 2.45) is 22.1 Å². The van der Waals surface area contributed by atoms with E-state index in [1.165, 1.54) is 30.4 Å². The van der Waals surface area contributed by atoms with Crippen molar-refractivity contribution in [1.82, 2.24) is 4.90 Å². The SMILES string of the molecule is COC1CCC2(CC1)Cc1ccc(CCC3CC3)cc1C21N=C(N)N(Cc2cccc(NS(C)(=O)=O)c2)C1=O. The van der Waals surface area contributed by atoms with E-state index in [4.69, 9.17) is 15.5 Å². The van der Waals surface area contributed by atoms with Crippen molar-refractivity contribution in [3.05, 3.63) is 64.7 Å². The number of anilines is 1. The average molecular weight is 551 g/mol. The number of fused-ring (bicyclic) bond motifs is 3. The number of hydrogen-bond donors (Lipinski definition) is 2. The lowest BCUT2D eigenvalue weighted by Crippen LogP contribution is -2.52. The Balaban J connectivity index is 1.36. The van der Waals surface area contributed by atoms with Crippen LogP contribution in [0.25, 0.3) is 0 Å². The van der Waals surface area contributed by atoms with Crippen molar-refractivity contribution in [2.75, 3.05) is 18.1 Å². The molecular weight excluding hydrogens is 512 g/mol.